The first-order valence-electron chi connectivity index (χ1n) is 8.92. The number of alkyl halides is 3. The number of hydrogen-bond donors (Lipinski definition) is 3. The number of carbonyl (C=O) groups excluding carboxylic acids is 2. The smallest absolute Gasteiger partial charge is 0.416 e. The average molecular weight is 430 g/mol. The second-order valence-corrected chi connectivity index (χ2v) is 6.48. The maximum atomic E-state index is 12.8. The van der Waals surface area contributed by atoms with Gasteiger partial charge in [-0.2, -0.15) is 13.2 Å². The second kappa shape index (κ2) is 8.74. The molecule has 0 saturated carbocycles. The highest BCUT2D eigenvalue weighted by Crippen LogP contribution is 2.30. The number of benzene rings is 2. The highest BCUT2D eigenvalue weighted by molar-refractivity contribution is 5.99. The molecule has 10 heteroatoms. The maximum Gasteiger partial charge on any atom is 0.416 e. The molecule has 0 aliphatic heterocycles. The van der Waals surface area contributed by atoms with Gasteiger partial charge < -0.3 is 21.1 Å². The van der Waals surface area contributed by atoms with Crippen LogP contribution in [0.4, 0.5) is 29.3 Å². The summed E-state index contributed by atoms with van der Waals surface area (Å²) in [4.78, 5) is 27.4. The summed E-state index contributed by atoms with van der Waals surface area (Å²) in [6.07, 6.45) is -4.50. The zero-order valence-electron chi connectivity index (χ0n) is 16.2. The molecule has 0 spiro atoms. The largest absolute Gasteiger partial charge is 0.457 e. The molecule has 4 N–H and O–H groups in total. The molecule has 0 fully saturated rings. The van der Waals surface area contributed by atoms with Gasteiger partial charge in [-0.05, 0) is 49.4 Å². The van der Waals surface area contributed by atoms with Crippen molar-refractivity contribution in [3.8, 4) is 11.5 Å². The number of anilines is 2. The first-order valence-corrected chi connectivity index (χ1v) is 8.92. The third-order valence-electron chi connectivity index (χ3n) is 3.98. The van der Waals surface area contributed by atoms with Crippen molar-refractivity contribution in [2.45, 2.75) is 13.1 Å². The number of nitrogens with one attached hydrogen (secondary N) is 2. The van der Waals surface area contributed by atoms with Gasteiger partial charge in [-0.3, -0.25) is 4.79 Å². The van der Waals surface area contributed by atoms with Gasteiger partial charge in [-0.25, -0.2) is 9.78 Å². The maximum absolute atomic E-state index is 12.8. The quantitative estimate of drug-likeness (QED) is 0.533. The Kier molecular flexibility index (Phi) is 6.10. The van der Waals surface area contributed by atoms with Crippen LogP contribution in [-0.2, 0) is 6.18 Å². The van der Waals surface area contributed by atoms with E-state index in [1.807, 2.05) is 0 Å². The number of carbonyl (C=O) groups is 2. The fourth-order valence-corrected chi connectivity index (χ4v) is 2.63. The third kappa shape index (κ3) is 5.95. The lowest BCUT2D eigenvalue weighted by molar-refractivity contribution is -0.137. The molecule has 3 rings (SSSR count). The van der Waals surface area contributed by atoms with Crippen molar-refractivity contribution in [2.75, 3.05) is 10.6 Å². The number of hydrogen-bond acceptors (Lipinski definition) is 4. The monoisotopic (exact) mass is 430 g/mol. The zero-order valence-corrected chi connectivity index (χ0v) is 16.2. The highest BCUT2D eigenvalue weighted by Gasteiger charge is 2.30. The standard InChI is InChI=1S/C21H17F3N4O3/c1-12-9-17(11-18(26-12)19(25)29)31-16-7-5-14(6-8-16)27-20(30)28-15-4-2-3-13(10-15)21(22,23)24/h2-11H,1H3,(H2,25,29)(H2,27,28,30). The van der Waals surface area contributed by atoms with Crippen LogP contribution in [-0.4, -0.2) is 16.9 Å². The van der Waals surface area contributed by atoms with Crippen molar-refractivity contribution < 1.29 is 27.5 Å². The van der Waals surface area contributed by atoms with Crippen molar-refractivity contribution in [3.05, 3.63) is 77.6 Å². The Bertz CT molecular complexity index is 1120. The third-order valence-corrected chi connectivity index (χ3v) is 3.98. The van der Waals surface area contributed by atoms with E-state index in [-0.39, 0.29) is 11.4 Å². The fraction of sp³-hybridized carbons (Fsp3) is 0.0952. The number of aryl methyl sites for hydroxylation is 1. The minimum absolute atomic E-state index is 0.00518. The predicted octanol–water partition coefficient (Wildman–Crippen LogP) is 4.94. The Morgan fingerprint density at radius 2 is 1.61 bits per heavy atom. The van der Waals surface area contributed by atoms with Gasteiger partial charge in [0.05, 0.1) is 5.56 Å². The first kappa shape index (κ1) is 21.6. The number of nitrogens with zero attached hydrogens (tertiary/aromatic N) is 1. The molecule has 0 aliphatic rings. The number of aromatic nitrogens is 1. The Morgan fingerprint density at radius 1 is 0.935 bits per heavy atom. The fourth-order valence-electron chi connectivity index (χ4n) is 2.63. The molecule has 3 aromatic rings. The molecule has 0 bridgehead atoms. The topological polar surface area (TPSA) is 106 Å². The van der Waals surface area contributed by atoms with Gasteiger partial charge in [0, 0.05) is 29.2 Å². The average Bonchev–Trinajstić information content (AvgIpc) is 2.68. The molecule has 160 valence electrons. The molecular weight excluding hydrogens is 413 g/mol. The lowest BCUT2D eigenvalue weighted by atomic mass is 10.2. The van der Waals surface area contributed by atoms with Gasteiger partial charge in [0.25, 0.3) is 5.91 Å². The molecule has 1 aromatic heterocycles. The lowest BCUT2D eigenvalue weighted by Gasteiger charge is -2.11. The summed E-state index contributed by atoms with van der Waals surface area (Å²) in [5, 5.41) is 4.86. The lowest BCUT2D eigenvalue weighted by Crippen LogP contribution is -2.19. The van der Waals surface area contributed by atoms with Crippen LogP contribution in [0.3, 0.4) is 0 Å². The minimum Gasteiger partial charge on any atom is -0.457 e. The molecule has 0 saturated heterocycles. The van der Waals surface area contributed by atoms with Crippen LogP contribution >= 0.6 is 0 Å². The van der Waals surface area contributed by atoms with Gasteiger partial charge >= 0.3 is 12.2 Å². The van der Waals surface area contributed by atoms with E-state index in [1.165, 1.54) is 18.2 Å². The van der Waals surface area contributed by atoms with Crippen LogP contribution in [0.1, 0.15) is 21.7 Å². The molecule has 2 aromatic carbocycles. The van der Waals surface area contributed by atoms with Crippen molar-refractivity contribution in [1.82, 2.24) is 4.98 Å². The summed E-state index contributed by atoms with van der Waals surface area (Å²) in [6.45, 7) is 1.69. The molecule has 3 amide bonds. The van der Waals surface area contributed by atoms with E-state index in [9.17, 15) is 22.8 Å². The zero-order chi connectivity index (χ0) is 22.6. The van der Waals surface area contributed by atoms with E-state index in [0.717, 1.165) is 12.1 Å². The first-order chi connectivity index (χ1) is 14.6. The normalized spacial score (nSPS) is 11.0. The van der Waals surface area contributed by atoms with Gasteiger partial charge in [-0.1, -0.05) is 6.07 Å². The van der Waals surface area contributed by atoms with E-state index in [0.29, 0.717) is 22.9 Å². The number of urea groups is 1. The molecule has 31 heavy (non-hydrogen) atoms. The molecule has 0 atom stereocenters. The van der Waals surface area contributed by atoms with Crippen LogP contribution < -0.4 is 21.1 Å². The molecule has 7 nitrogen and oxygen atoms in total. The van der Waals surface area contributed by atoms with Crippen molar-refractivity contribution in [2.24, 2.45) is 5.73 Å². The number of rotatable bonds is 5. The van der Waals surface area contributed by atoms with Crippen LogP contribution in [0.15, 0.2) is 60.7 Å². The van der Waals surface area contributed by atoms with E-state index in [4.69, 9.17) is 10.5 Å². The summed E-state index contributed by atoms with van der Waals surface area (Å²) in [7, 11) is 0. The van der Waals surface area contributed by atoms with Crippen LogP contribution in [0.2, 0.25) is 0 Å². The van der Waals surface area contributed by atoms with Crippen molar-refractivity contribution in [1.29, 1.82) is 0 Å². The summed E-state index contributed by atoms with van der Waals surface area (Å²) in [5.41, 5.74) is 5.39. The number of nitrogens with two attached hydrogens (primary N) is 1. The Morgan fingerprint density at radius 3 is 2.26 bits per heavy atom. The van der Waals surface area contributed by atoms with Gasteiger partial charge in [0.15, 0.2) is 0 Å². The Hall–Kier alpha value is -4.08. The minimum atomic E-state index is -4.50. The van der Waals surface area contributed by atoms with Crippen molar-refractivity contribution in [3.63, 3.8) is 0 Å². The van der Waals surface area contributed by atoms with Gasteiger partial charge in [0.1, 0.15) is 17.2 Å². The molecular formula is C21H17F3N4O3. The van der Waals surface area contributed by atoms with Crippen LogP contribution in [0, 0.1) is 6.92 Å². The van der Waals surface area contributed by atoms with Gasteiger partial charge in [0.2, 0.25) is 0 Å². The summed E-state index contributed by atoms with van der Waals surface area (Å²) in [5.74, 6) is 0.106. The number of halogens is 3. The Balaban J connectivity index is 1.63. The number of ether oxygens (including phenoxy) is 1. The summed E-state index contributed by atoms with van der Waals surface area (Å²) < 4.78 is 44.0. The van der Waals surface area contributed by atoms with E-state index in [2.05, 4.69) is 15.6 Å². The molecule has 0 aliphatic carbocycles. The molecule has 1 heterocycles. The van der Waals surface area contributed by atoms with Crippen LogP contribution in [0.5, 0.6) is 11.5 Å². The second-order valence-electron chi connectivity index (χ2n) is 6.48. The number of amides is 3. The predicted molar refractivity (Wildman–Crippen MR) is 108 cm³/mol. The van der Waals surface area contributed by atoms with Crippen LogP contribution in [0.25, 0.3) is 0 Å². The van der Waals surface area contributed by atoms with E-state index in [1.54, 1.807) is 37.3 Å². The van der Waals surface area contributed by atoms with Crippen molar-refractivity contribution >= 4 is 23.3 Å². The van der Waals surface area contributed by atoms with E-state index >= 15 is 0 Å². The Labute approximate surface area is 175 Å². The van der Waals surface area contributed by atoms with E-state index < -0.39 is 23.7 Å². The molecule has 0 radical (unpaired) electrons. The molecule has 0 unspecified atom stereocenters. The SMILES string of the molecule is Cc1cc(Oc2ccc(NC(=O)Nc3cccc(C(F)(F)F)c3)cc2)cc(C(N)=O)n1. The summed E-state index contributed by atoms with van der Waals surface area (Å²) in [6, 6.07) is 12.9. The van der Waals surface area contributed by atoms with Gasteiger partial charge in [-0.15, -0.1) is 0 Å². The highest BCUT2D eigenvalue weighted by atomic mass is 19.4. The summed E-state index contributed by atoms with van der Waals surface area (Å²) >= 11 is 0. The number of pyridine rings is 1. The number of primary amides is 1.